The standard InChI is InChI=1S/C12H15NO2S/c1-4-11-7-5-6-8-12(11)16(14,15)13-9-10(2)3/h4-8,13H,1-2,9H2,3H3. The number of hydrogen-bond acceptors (Lipinski definition) is 2. The van der Waals surface area contributed by atoms with E-state index < -0.39 is 10.0 Å². The second-order valence-corrected chi connectivity index (χ2v) is 5.26. The van der Waals surface area contributed by atoms with E-state index >= 15 is 0 Å². The van der Waals surface area contributed by atoms with Gasteiger partial charge in [0.2, 0.25) is 10.0 Å². The van der Waals surface area contributed by atoms with Crippen molar-refractivity contribution < 1.29 is 8.42 Å². The first-order chi connectivity index (χ1) is 7.47. The van der Waals surface area contributed by atoms with Crippen LogP contribution in [-0.4, -0.2) is 15.0 Å². The third kappa shape index (κ3) is 3.05. The van der Waals surface area contributed by atoms with Crippen LogP contribution in [0.4, 0.5) is 0 Å². The van der Waals surface area contributed by atoms with Crippen LogP contribution in [0.2, 0.25) is 0 Å². The second-order valence-electron chi connectivity index (χ2n) is 3.52. The lowest BCUT2D eigenvalue weighted by Crippen LogP contribution is -2.25. The third-order valence-electron chi connectivity index (χ3n) is 1.99. The molecule has 0 unspecified atom stereocenters. The third-order valence-corrected chi connectivity index (χ3v) is 3.47. The molecular weight excluding hydrogens is 222 g/mol. The summed E-state index contributed by atoms with van der Waals surface area (Å²) in [4.78, 5) is 0.242. The predicted molar refractivity (Wildman–Crippen MR) is 66.5 cm³/mol. The molecule has 1 N–H and O–H groups in total. The Bertz CT molecular complexity index is 504. The molecule has 0 atom stereocenters. The largest absolute Gasteiger partial charge is 0.241 e. The zero-order chi connectivity index (χ0) is 12.2. The maximum absolute atomic E-state index is 11.9. The van der Waals surface area contributed by atoms with Crippen molar-refractivity contribution >= 4 is 16.1 Å². The summed E-state index contributed by atoms with van der Waals surface area (Å²) in [5, 5.41) is 0. The van der Waals surface area contributed by atoms with Gasteiger partial charge in [0.1, 0.15) is 0 Å². The summed E-state index contributed by atoms with van der Waals surface area (Å²) in [7, 11) is -3.48. The summed E-state index contributed by atoms with van der Waals surface area (Å²) in [5.74, 6) is 0. The van der Waals surface area contributed by atoms with Crippen LogP contribution in [0.25, 0.3) is 6.08 Å². The van der Waals surface area contributed by atoms with Crippen molar-refractivity contribution in [3.8, 4) is 0 Å². The maximum Gasteiger partial charge on any atom is 0.241 e. The second kappa shape index (κ2) is 5.09. The molecule has 0 aromatic heterocycles. The molecular formula is C12H15NO2S. The predicted octanol–water partition coefficient (Wildman–Crippen LogP) is 2.18. The van der Waals surface area contributed by atoms with Crippen molar-refractivity contribution in [1.29, 1.82) is 0 Å². The smallest absolute Gasteiger partial charge is 0.207 e. The fourth-order valence-corrected chi connectivity index (χ4v) is 2.50. The Kier molecular flexibility index (Phi) is 4.04. The van der Waals surface area contributed by atoms with Gasteiger partial charge in [0.15, 0.2) is 0 Å². The summed E-state index contributed by atoms with van der Waals surface area (Å²) in [6.07, 6.45) is 1.52. The van der Waals surface area contributed by atoms with Crippen molar-refractivity contribution in [2.24, 2.45) is 0 Å². The van der Waals surface area contributed by atoms with Crippen LogP contribution in [-0.2, 0) is 10.0 Å². The fraction of sp³-hybridized carbons (Fsp3) is 0.167. The van der Waals surface area contributed by atoms with Gasteiger partial charge in [0, 0.05) is 6.54 Å². The van der Waals surface area contributed by atoms with Gasteiger partial charge in [0.05, 0.1) is 4.90 Å². The molecule has 0 aliphatic heterocycles. The van der Waals surface area contributed by atoms with Gasteiger partial charge in [-0.1, -0.05) is 43.0 Å². The highest BCUT2D eigenvalue weighted by Crippen LogP contribution is 2.16. The molecule has 0 saturated carbocycles. The minimum atomic E-state index is -3.48. The van der Waals surface area contributed by atoms with Crippen molar-refractivity contribution in [3.63, 3.8) is 0 Å². The molecule has 1 aromatic carbocycles. The molecule has 0 bridgehead atoms. The van der Waals surface area contributed by atoms with E-state index in [1.807, 2.05) is 0 Å². The van der Waals surface area contributed by atoms with Gasteiger partial charge in [-0.05, 0) is 18.6 Å². The Labute approximate surface area is 96.6 Å². The Morgan fingerprint density at radius 1 is 1.44 bits per heavy atom. The van der Waals surface area contributed by atoms with Crippen molar-refractivity contribution in [2.75, 3.05) is 6.54 Å². The van der Waals surface area contributed by atoms with Crippen LogP contribution in [0.15, 0.2) is 47.9 Å². The number of nitrogens with one attached hydrogen (secondary N) is 1. The first-order valence-corrected chi connectivity index (χ1v) is 6.31. The topological polar surface area (TPSA) is 46.2 Å². The highest BCUT2D eigenvalue weighted by Gasteiger charge is 2.15. The lowest BCUT2D eigenvalue weighted by Gasteiger charge is -2.08. The Morgan fingerprint density at radius 2 is 2.06 bits per heavy atom. The minimum Gasteiger partial charge on any atom is -0.207 e. The summed E-state index contributed by atoms with van der Waals surface area (Å²) < 4.78 is 26.3. The van der Waals surface area contributed by atoms with Gasteiger partial charge in [-0.2, -0.15) is 0 Å². The Hall–Kier alpha value is -1.39. The van der Waals surface area contributed by atoms with Crippen LogP contribution >= 0.6 is 0 Å². The maximum atomic E-state index is 11.9. The average Bonchev–Trinajstić information content (AvgIpc) is 2.26. The summed E-state index contributed by atoms with van der Waals surface area (Å²) in [6.45, 7) is 9.25. The molecule has 0 amide bonds. The molecule has 0 spiro atoms. The zero-order valence-corrected chi connectivity index (χ0v) is 10.0. The van der Waals surface area contributed by atoms with Crippen LogP contribution < -0.4 is 4.72 Å². The number of hydrogen-bond donors (Lipinski definition) is 1. The van der Waals surface area contributed by atoms with Gasteiger partial charge >= 0.3 is 0 Å². The van der Waals surface area contributed by atoms with E-state index in [4.69, 9.17) is 0 Å². The molecule has 0 radical (unpaired) electrons. The molecule has 3 nitrogen and oxygen atoms in total. The number of sulfonamides is 1. The molecule has 0 saturated heterocycles. The lowest BCUT2D eigenvalue weighted by molar-refractivity contribution is 0.584. The SMILES string of the molecule is C=Cc1ccccc1S(=O)(=O)NCC(=C)C. The van der Waals surface area contributed by atoms with Crippen LogP contribution in [0.3, 0.4) is 0 Å². The molecule has 86 valence electrons. The monoisotopic (exact) mass is 237 g/mol. The van der Waals surface area contributed by atoms with Crippen LogP contribution in [0.5, 0.6) is 0 Å². The highest BCUT2D eigenvalue weighted by molar-refractivity contribution is 7.89. The highest BCUT2D eigenvalue weighted by atomic mass is 32.2. The molecule has 0 aliphatic carbocycles. The molecule has 0 aliphatic rings. The van der Waals surface area contributed by atoms with Crippen molar-refractivity contribution in [2.45, 2.75) is 11.8 Å². The van der Waals surface area contributed by atoms with Gasteiger partial charge in [-0.25, -0.2) is 13.1 Å². The molecule has 4 heteroatoms. The normalized spacial score (nSPS) is 11.1. The first-order valence-electron chi connectivity index (χ1n) is 4.83. The van der Waals surface area contributed by atoms with Crippen molar-refractivity contribution in [3.05, 3.63) is 48.6 Å². The van der Waals surface area contributed by atoms with E-state index in [2.05, 4.69) is 17.9 Å². The molecule has 0 fully saturated rings. The quantitative estimate of drug-likeness (QED) is 0.798. The molecule has 16 heavy (non-hydrogen) atoms. The van der Waals surface area contributed by atoms with Crippen LogP contribution in [0, 0.1) is 0 Å². The molecule has 0 heterocycles. The van der Waals surface area contributed by atoms with Gasteiger partial charge in [-0.3, -0.25) is 0 Å². The number of benzene rings is 1. The van der Waals surface area contributed by atoms with E-state index in [1.165, 1.54) is 6.08 Å². The van der Waals surface area contributed by atoms with E-state index in [9.17, 15) is 8.42 Å². The molecule has 1 aromatic rings. The van der Waals surface area contributed by atoms with Gasteiger partial charge < -0.3 is 0 Å². The van der Waals surface area contributed by atoms with Crippen molar-refractivity contribution in [1.82, 2.24) is 4.72 Å². The van der Waals surface area contributed by atoms with Gasteiger partial charge in [0.25, 0.3) is 0 Å². The zero-order valence-electron chi connectivity index (χ0n) is 9.23. The van der Waals surface area contributed by atoms with E-state index in [0.29, 0.717) is 5.56 Å². The summed E-state index contributed by atoms with van der Waals surface area (Å²) >= 11 is 0. The lowest BCUT2D eigenvalue weighted by atomic mass is 10.2. The summed E-state index contributed by atoms with van der Waals surface area (Å²) in [5.41, 5.74) is 1.36. The Morgan fingerprint density at radius 3 is 2.62 bits per heavy atom. The minimum absolute atomic E-state index is 0.242. The van der Waals surface area contributed by atoms with E-state index in [-0.39, 0.29) is 11.4 Å². The Balaban J connectivity index is 3.07. The van der Waals surface area contributed by atoms with Gasteiger partial charge in [-0.15, -0.1) is 0 Å². The van der Waals surface area contributed by atoms with Crippen LogP contribution in [0.1, 0.15) is 12.5 Å². The van der Waals surface area contributed by atoms with E-state index in [0.717, 1.165) is 5.57 Å². The van der Waals surface area contributed by atoms with E-state index in [1.54, 1.807) is 31.2 Å². The summed E-state index contributed by atoms with van der Waals surface area (Å²) in [6, 6.07) is 6.72. The fourth-order valence-electron chi connectivity index (χ4n) is 1.19. The first kappa shape index (κ1) is 12.7. The molecule has 1 rings (SSSR count). The average molecular weight is 237 g/mol. The number of rotatable bonds is 5.